The van der Waals surface area contributed by atoms with Gasteiger partial charge in [-0.3, -0.25) is 5.32 Å². The molecule has 6 N–H and O–H groups in total. The highest BCUT2D eigenvalue weighted by Gasteiger charge is 2.25. The lowest BCUT2D eigenvalue weighted by molar-refractivity contribution is -0.348. The van der Waals surface area contributed by atoms with Crippen LogP contribution < -0.4 is 25.8 Å². The molecule has 1 aromatic carbocycles. The molecular weight excluding hydrogens is 435 g/mol. The van der Waals surface area contributed by atoms with Gasteiger partial charge >= 0.3 is 5.95 Å². The quantitative estimate of drug-likeness (QED) is 0.307. The number of aromatic nitrogens is 6. The first-order valence-corrected chi connectivity index (χ1v) is 11.8. The van der Waals surface area contributed by atoms with Crippen molar-refractivity contribution in [3.8, 4) is 0 Å². The van der Waals surface area contributed by atoms with Gasteiger partial charge in [0.05, 0.1) is 42.8 Å². The normalized spacial score (nSPS) is 16.9. The molecule has 5 heterocycles. The molecule has 176 valence electrons. The molecule has 2 aliphatic heterocycles. The molecule has 4 aromatic rings. The smallest absolute Gasteiger partial charge is 0.351 e. The zero-order valence-electron chi connectivity index (χ0n) is 18.8. The minimum Gasteiger partial charge on any atom is -0.380 e. The standard InChI is InChI=1S/C23H27FN10/c24-16-11-15(1-2-17(16)30-14-3-7-25-8-4-14)31-23-32-21-20(28-13-29-21)22(33-23)34-9-5-18-19(6-10-34)27-12-26-18/h1-2,11-14,25,30H,3-10H2,(H,26,27)(H2,28,29,31,32,33)/p+1. The van der Waals surface area contributed by atoms with E-state index in [0.29, 0.717) is 29.0 Å². The Labute approximate surface area is 195 Å². The van der Waals surface area contributed by atoms with Gasteiger partial charge in [-0.05, 0) is 38.1 Å². The summed E-state index contributed by atoms with van der Waals surface area (Å²) in [5.41, 5.74) is 4.89. The number of halogens is 1. The van der Waals surface area contributed by atoms with Crippen LogP contribution in [0.15, 0.2) is 30.9 Å². The van der Waals surface area contributed by atoms with Crippen molar-refractivity contribution in [3.05, 3.63) is 48.1 Å². The Bertz CT molecular complexity index is 1270. The van der Waals surface area contributed by atoms with Crippen molar-refractivity contribution in [1.82, 2.24) is 30.2 Å². The molecule has 10 nitrogen and oxygen atoms in total. The Hall–Kier alpha value is -3.73. The van der Waals surface area contributed by atoms with E-state index in [1.54, 1.807) is 18.7 Å². The molecule has 0 aliphatic carbocycles. The maximum absolute atomic E-state index is 14.8. The van der Waals surface area contributed by atoms with E-state index in [-0.39, 0.29) is 5.82 Å². The maximum atomic E-state index is 14.8. The number of fused-ring (bicyclic) bond motifs is 2. The Balaban J connectivity index is 1.23. The molecule has 0 amide bonds. The minimum atomic E-state index is -0.286. The van der Waals surface area contributed by atoms with E-state index in [2.05, 4.69) is 50.8 Å². The molecule has 1 fully saturated rings. The van der Waals surface area contributed by atoms with Gasteiger partial charge in [0.1, 0.15) is 5.82 Å². The van der Waals surface area contributed by atoms with Gasteiger partial charge in [-0.15, -0.1) is 0 Å². The highest BCUT2D eigenvalue weighted by atomic mass is 19.1. The van der Waals surface area contributed by atoms with Crippen LogP contribution in [0.5, 0.6) is 0 Å². The fourth-order valence-corrected chi connectivity index (χ4v) is 4.79. The number of nitrogens with zero attached hydrogens (tertiary/aromatic N) is 4. The fourth-order valence-electron chi connectivity index (χ4n) is 4.79. The predicted octanol–water partition coefficient (Wildman–Crippen LogP) is 2.15. The molecule has 0 spiro atoms. The van der Waals surface area contributed by atoms with Crippen LogP contribution in [0.1, 0.15) is 24.2 Å². The predicted molar refractivity (Wildman–Crippen MR) is 128 cm³/mol. The maximum Gasteiger partial charge on any atom is 0.351 e. The molecule has 3 aromatic heterocycles. The summed E-state index contributed by atoms with van der Waals surface area (Å²) in [5.74, 6) is 1.12. The van der Waals surface area contributed by atoms with Crippen molar-refractivity contribution in [2.75, 3.05) is 41.7 Å². The highest BCUT2D eigenvalue weighted by molar-refractivity contribution is 5.82. The molecule has 0 atom stereocenters. The van der Waals surface area contributed by atoms with Gasteiger partial charge in [0.25, 0.3) is 0 Å². The van der Waals surface area contributed by atoms with E-state index in [1.165, 1.54) is 11.8 Å². The Morgan fingerprint density at radius 3 is 2.79 bits per heavy atom. The fraction of sp³-hybridized carbons (Fsp3) is 0.391. The van der Waals surface area contributed by atoms with Crippen molar-refractivity contribution < 1.29 is 9.37 Å². The average Bonchev–Trinajstić information content (AvgIpc) is 3.46. The number of aromatic amines is 3. The van der Waals surface area contributed by atoms with E-state index in [9.17, 15) is 4.39 Å². The SMILES string of the molecule is Fc1cc(Nc2nc3nc[nH]c3c(N3CCc4nc[nH]c4CC3)[nH+]2)ccc1NC1CCNCC1. The summed E-state index contributed by atoms with van der Waals surface area (Å²) in [6.45, 7) is 3.56. The molecule has 34 heavy (non-hydrogen) atoms. The number of piperidine rings is 1. The molecular formula is C23H28FN10+. The molecule has 1 saturated heterocycles. The van der Waals surface area contributed by atoms with E-state index < -0.39 is 0 Å². The van der Waals surface area contributed by atoms with Crippen LogP contribution in [0.3, 0.4) is 0 Å². The van der Waals surface area contributed by atoms with Crippen LogP contribution in [0, 0.1) is 5.82 Å². The van der Waals surface area contributed by atoms with Crippen molar-refractivity contribution in [1.29, 1.82) is 0 Å². The second-order valence-electron chi connectivity index (χ2n) is 8.84. The van der Waals surface area contributed by atoms with Gasteiger partial charge < -0.3 is 25.5 Å². The van der Waals surface area contributed by atoms with Gasteiger partial charge in [0.15, 0.2) is 5.52 Å². The summed E-state index contributed by atoms with van der Waals surface area (Å²) in [6, 6.07) is 5.43. The lowest BCUT2D eigenvalue weighted by Crippen LogP contribution is -2.35. The number of nitrogens with one attached hydrogen (secondary N) is 6. The van der Waals surface area contributed by atoms with Crippen molar-refractivity contribution >= 4 is 34.3 Å². The van der Waals surface area contributed by atoms with E-state index in [1.807, 2.05) is 6.07 Å². The summed E-state index contributed by atoms with van der Waals surface area (Å²) in [4.78, 5) is 25.5. The van der Waals surface area contributed by atoms with Gasteiger partial charge in [-0.2, -0.15) is 0 Å². The van der Waals surface area contributed by atoms with Crippen LogP contribution in [0.25, 0.3) is 11.2 Å². The summed E-state index contributed by atoms with van der Waals surface area (Å²) in [6.07, 6.45) is 7.11. The third kappa shape index (κ3) is 4.14. The number of hydrogen-bond donors (Lipinski definition) is 5. The molecule has 6 rings (SSSR count). The minimum absolute atomic E-state index is 0.286. The Kier molecular flexibility index (Phi) is 5.46. The summed E-state index contributed by atoms with van der Waals surface area (Å²) < 4.78 is 14.8. The van der Waals surface area contributed by atoms with Crippen molar-refractivity contribution in [2.24, 2.45) is 0 Å². The number of imidazole rings is 2. The third-order valence-corrected chi connectivity index (χ3v) is 6.62. The second-order valence-corrected chi connectivity index (χ2v) is 8.84. The lowest BCUT2D eigenvalue weighted by Gasteiger charge is -2.24. The molecule has 0 unspecified atom stereocenters. The first kappa shape index (κ1) is 20.8. The molecule has 0 bridgehead atoms. The van der Waals surface area contributed by atoms with E-state index in [0.717, 1.165) is 68.9 Å². The van der Waals surface area contributed by atoms with Crippen LogP contribution in [-0.2, 0) is 12.8 Å². The van der Waals surface area contributed by atoms with Gasteiger partial charge in [0, 0.05) is 30.6 Å². The van der Waals surface area contributed by atoms with E-state index >= 15 is 0 Å². The van der Waals surface area contributed by atoms with Gasteiger partial charge in [-0.25, -0.2) is 19.3 Å². The van der Waals surface area contributed by atoms with Crippen molar-refractivity contribution in [2.45, 2.75) is 31.7 Å². The Morgan fingerprint density at radius 1 is 1.06 bits per heavy atom. The first-order chi connectivity index (χ1) is 16.7. The number of rotatable bonds is 5. The Morgan fingerprint density at radius 2 is 1.91 bits per heavy atom. The van der Waals surface area contributed by atoms with Crippen LogP contribution >= 0.6 is 0 Å². The lowest BCUT2D eigenvalue weighted by atomic mass is 10.1. The zero-order chi connectivity index (χ0) is 22.9. The number of H-pyrrole nitrogens is 3. The van der Waals surface area contributed by atoms with Gasteiger partial charge in [-0.1, -0.05) is 4.98 Å². The topological polar surface area (TPSA) is 124 Å². The van der Waals surface area contributed by atoms with E-state index in [4.69, 9.17) is 0 Å². The monoisotopic (exact) mass is 463 g/mol. The second kappa shape index (κ2) is 8.90. The largest absolute Gasteiger partial charge is 0.380 e. The van der Waals surface area contributed by atoms with Crippen LogP contribution in [-0.4, -0.2) is 57.1 Å². The summed E-state index contributed by atoms with van der Waals surface area (Å²) >= 11 is 0. The van der Waals surface area contributed by atoms with Crippen LogP contribution in [0.4, 0.5) is 27.5 Å². The summed E-state index contributed by atoms with van der Waals surface area (Å²) in [5, 5.41) is 9.88. The third-order valence-electron chi connectivity index (χ3n) is 6.62. The highest BCUT2D eigenvalue weighted by Crippen LogP contribution is 2.25. The number of hydrogen-bond acceptors (Lipinski definition) is 7. The molecule has 0 saturated carbocycles. The first-order valence-electron chi connectivity index (χ1n) is 11.8. The molecule has 11 heteroatoms. The van der Waals surface area contributed by atoms with Gasteiger partial charge in [0.2, 0.25) is 11.5 Å². The molecule has 0 radical (unpaired) electrons. The summed E-state index contributed by atoms with van der Waals surface area (Å²) in [7, 11) is 0. The van der Waals surface area contributed by atoms with Crippen LogP contribution in [0.2, 0.25) is 0 Å². The zero-order valence-corrected chi connectivity index (χ0v) is 18.8. The molecule has 2 aliphatic rings. The number of anilines is 4. The van der Waals surface area contributed by atoms with Crippen molar-refractivity contribution in [3.63, 3.8) is 0 Å². The average molecular weight is 464 g/mol. The number of benzene rings is 1.